The molecule has 1 aromatic heterocycles. The van der Waals surface area contributed by atoms with Crippen molar-refractivity contribution in [3.8, 4) is 0 Å². The highest BCUT2D eigenvalue weighted by Gasteiger charge is 2.28. The second-order valence-corrected chi connectivity index (χ2v) is 4.99. The standard InChI is InChI=1S/C14H11Cl2NO/c15-14(16)12(10-5-2-1-3-6-10)13(18)11-7-4-8-17-9-11/h1-9,12,14H. The monoisotopic (exact) mass is 279 g/mol. The van der Waals surface area contributed by atoms with E-state index in [4.69, 9.17) is 23.2 Å². The second kappa shape index (κ2) is 5.98. The number of carbonyl (C=O) groups excluding carboxylic acids is 1. The zero-order chi connectivity index (χ0) is 13.0. The summed E-state index contributed by atoms with van der Waals surface area (Å²) in [6.45, 7) is 0. The highest BCUT2D eigenvalue weighted by Crippen LogP contribution is 2.29. The Bertz CT molecular complexity index is 514. The maximum atomic E-state index is 12.4. The van der Waals surface area contributed by atoms with E-state index in [-0.39, 0.29) is 5.78 Å². The van der Waals surface area contributed by atoms with Gasteiger partial charge in [0.15, 0.2) is 5.78 Å². The van der Waals surface area contributed by atoms with Crippen molar-refractivity contribution >= 4 is 29.0 Å². The summed E-state index contributed by atoms with van der Waals surface area (Å²) in [5, 5.41) is 0. The lowest BCUT2D eigenvalue weighted by Gasteiger charge is -2.17. The lowest BCUT2D eigenvalue weighted by Crippen LogP contribution is -2.19. The minimum absolute atomic E-state index is 0.121. The molecule has 1 atom stereocenters. The van der Waals surface area contributed by atoms with Crippen LogP contribution in [0.4, 0.5) is 0 Å². The van der Waals surface area contributed by atoms with Crippen LogP contribution >= 0.6 is 23.2 Å². The smallest absolute Gasteiger partial charge is 0.174 e. The van der Waals surface area contributed by atoms with E-state index < -0.39 is 10.8 Å². The average Bonchev–Trinajstić information content (AvgIpc) is 2.40. The van der Waals surface area contributed by atoms with Crippen LogP contribution < -0.4 is 0 Å². The Morgan fingerprint density at radius 2 is 1.78 bits per heavy atom. The molecule has 0 N–H and O–H groups in total. The molecular weight excluding hydrogens is 269 g/mol. The molecule has 1 unspecified atom stereocenters. The number of alkyl halides is 2. The van der Waals surface area contributed by atoms with Gasteiger partial charge in [0, 0.05) is 18.0 Å². The van der Waals surface area contributed by atoms with Gasteiger partial charge in [-0.05, 0) is 17.7 Å². The van der Waals surface area contributed by atoms with Crippen LogP contribution in [0.25, 0.3) is 0 Å². The van der Waals surface area contributed by atoms with Crippen LogP contribution in [0.3, 0.4) is 0 Å². The third-order valence-corrected chi connectivity index (χ3v) is 3.14. The van der Waals surface area contributed by atoms with Crippen molar-refractivity contribution in [2.45, 2.75) is 10.8 Å². The number of hydrogen-bond donors (Lipinski definition) is 0. The molecule has 0 spiro atoms. The summed E-state index contributed by atoms with van der Waals surface area (Å²) in [7, 11) is 0. The number of pyridine rings is 1. The van der Waals surface area contributed by atoms with E-state index in [9.17, 15) is 4.79 Å². The molecule has 0 radical (unpaired) electrons. The van der Waals surface area contributed by atoms with E-state index >= 15 is 0 Å². The topological polar surface area (TPSA) is 30.0 Å². The van der Waals surface area contributed by atoms with Crippen LogP contribution in [0.2, 0.25) is 0 Å². The Labute approximate surface area is 116 Å². The summed E-state index contributed by atoms with van der Waals surface area (Å²) < 4.78 is 0. The SMILES string of the molecule is O=C(c1cccnc1)C(c1ccccc1)C(Cl)Cl. The molecule has 0 aliphatic rings. The lowest BCUT2D eigenvalue weighted by molar-refractivity contribution is 0.0964. The Kier molecular flexibility index (Phi) is 4.34. The summed E-state index contributed by atoms with van der Waals surface area (Å²) in [4.78, 5) is 15.5. The second-order valence-electron chi connectivity index (χ2n) is 3.83. The molecule has 2 nitrogen and oxygen atoms in total. The first-order valence-electron chi connectivity index (χ1n) is 5.47. The van der Waals surface area contributed by atoms with E-state index in [1.807, 2.05) is 30.3 Å². The van der Waals surface area contributed by atoms with Gasteiger partial charge in [-0.25, -0.2) is 0 Å². The van der Waals surface area contributed by atoms with Gasteiger partial charge < -0.3 is 0 Å². The normalized spacial score (nSPS) is 12.4. The zero-order valence-corrected chi connectivity index (χ0v) is 11.0. The molecule has 0 bridgehead atoms. The van der Waals surface area contributed by atoms with E-state index in [2.05, 4.69) is 4.98 Å². The van der Waals surface area contributed by atoms with Crippen molar-refractivity contribution in [3.63, 3.8) is 0 Å². The van der Waals surface area contributed by atoms with E-state index in [0.717, 1.165) is 5.56 Å². The summed E-state index contributed by atoms with van der Waals surface area (Å²) in [6, 6.07) is 12.7. The molecule has 0 aliphatic carbocycles. The molecule has 18 heavy (non-hydrogen) atoms. The first-order chi connectivity index (χ1) is 8.70. The van der Waals surface area contributed by atoms with Crippen LogP contribution in [0.1, 0.15) is 21.8 Å². The molecule has 92 valence electrons. The number of carbonyl (C=O) groups is 1. The van der Waals surface area contributed by atoms with E-state index in [1.54, 1.807) is 18.3 Å². The molecule has 4 heteroatoms. The third-order valence-electron chi connectivity index (χ3n) is 2.64. The molecule has 2 aromatic rings. The summed E-state index contributed by atoms with van der Waals surface area (Å²) >= 11 is 11.9. The van der Waals surface area contributed by atoms with Gasteiger partial charge in [0.25, 0.3) is 0 Å². The third kappa shape index (κ3) is 2.89. The van der Waals surface area contributed by atoms with Crippen LogP contribution in [0.5, 0.6) is 0 Å². The highest BCUT2D eigenvalue weighted by molar-refractivity contribution is 6.46. The number of rotatable bonds is 4. The van der Waals surface area contributed by atoms with Crippen LogP contribution in [0, 0.1) is 0 Å². The fourth-order valence-corrected chi connectivity index (χ4v) is 2.28. The predicted octanol–water partition coefficient (Wildman–Crippen LogP) is 3.85. The molecule has 0 aliphatic heterocycles. The Balaban J connectivity index is 2.35. The van der Waals surface area contributed by atoms with Crippen LogP contribution in [0.15, 0.2) is 54.9 Å². The fraction of sp³-hybridized carbons (Fsp3) is 0.143. The minimum atomic E-state index is -0.792. The van der Waals surface area contributed by atoms with Crippen molar-refractivity contribution in [3.05, 3.63) is 66.0 Å². The van der Waals surface area contributed by atoms with Crippen molar-refractivity contribution < 1.29 is 4.79 Å². The zero-order valence-electron chi connectivity index (χ0n) is 9.46. The number of nitrogens with zero attached hydrogens (tertiary/aromatic N) is 1. The van der Waals surface area contributed by atoms with Crippen molar-refractivity contribution in [2.24, 2.45) is 0 Å². The number of hydrogen-bond acceptors (Lipinski definition) is 2. The van der Waals surface area contributed by atoms with Crippen molar-refractivity contribution in [2.75, 3.05) is 0 Å². The number of benzene rings is 1. The minimum Gasteiger partial charge on any atom is -0.293 e. The molecule has 2 rings (SSSR count). The molecular formula is C14H11Cl2NO. The summed E-state index contributed by atoms with van der Waals surface area (Å²) in [5.74, 6) is -0.692. The van der Waals surface area contributed by atoms with Gasteiger partial charge in [0.1, 0.15) is 4.84 Å². The van der Waals surface area contributed by atoms with Crippen molar-refractivity contribution in [1.82, 2.24) is 4.98 Å². The first-order valence-corrected chi connectivity index (χ1v) is 6.35. The van der Waals surface area contributed by atoms with Gasteiger partial charge in [-0.2, -0.15) is 0 Å². The van der Waals surface area contributed by atoms with Gasteiger partial charge in [-0.1, -0.05) is 30.3 Å². The summed E-state index contributed by atoms with van der Waals surface area (Å²) in [6.07, 6.45) is 3.14. The van der Waals surface area contributed by atoms with Gasteiger partial charge in [-0.3, -0.25) is 9.78 Å². The van der Waals surface area contributed by atoms with Crippen LogP contribution in [-0.2, 0) is 0 Å². The van der Waals surface area contributed by atoms with Gasteiger partial charge in [0.2, 0.25) is 0 Å². The van der Waals surface area contributed by atoms with E-state index in [1.165, 1.54) is 6.20 Å². The number of ketones is 1. The summed E-state index contributed by atoms with van der Waals surface area (Å²) in [5.41, 5.74) is 1.32. The molecule has 0 fully saturated rings. The molecule has 0 amide bonds. The number of Topliss-reactive ketones (excluding diaryl/α,β-unsaturated/α-hetero) is 1. The molecule has 0 saturated carbocycles. The first kappa shape index (κ1) is 13.1. The van der Waals surface area contributed by atoms with Crippen molar-refractivity contribution in [1.29, 1.82) is 0 Å². The number of halogens is 2. The molecule has 1 heterocycles. The fourth-order valence-electron chi connectivity index (χ4n) is 1.76. The highest BCUT2D eigenvalue weighted by atomic mass is 35.5. The van der Waals surface area contributed by atoms with E-state index in [0.29, 0.717) is 5.56 Å². The lowest BCUT2D eigenvalue weighted by atomic mass is 9.93. The maximum Gasteiger partial charge on any atom is 0.174 e. The van der Waals surface area contributed by atoms with Crippen LogP contribution in [-0.4, -0.2) is 15.6 Å². The molecule has 1 aromatic carbocycles. The van der Waals surface area contributed by atoms with Gasteiger partial charge in [0.05, 0.1) is 5.92 Å². The Hall–Kier alpha value is -1.38. The molecule has 0 saturated heterocycles. The number of aromatic nitrogens is 1. The van der Waals surface area contributed by atoms with Gasteiger partial charge >= 0.3 is 0 Å². The Morgan fingerprint density at radius 1 is 1.06 bits per heavy atom. The largest absolute Gasteiger partial charge is 0.293 e. The maximum absolute atomic E-state index is 12.4. The quantitative estimate of drug-likeness (QED) is 0.629. The Morgan fingerprint density at radius 3 is 2.33 bits per heavy atom. The van der Waals surface area contributed by atoms with Gasteiger partial charge in [-0.15, -0.1) is 23.2 Å². The predicted molar refractivity (Wildman–Crippen MR) is 73.2 cm³/mol. The average molecular weight is 280 g/mol.